The maximum atomic E-state index is 5.18. The van der Waals surface area contributed by atoms with E-state index in [1.165, 1.54) is 54.4 Å². The first kappa shape index (κ1) is 35.2. The first-order valence-corrected chi connectivity index (χ1v) is 21.4. The lowest BCUT2D eigenvalue weighted by atomic mass is 10.1. The summed E-state index contributed by atoms with van der Waals surface area (Å²) in [6.07, 6.45) is 0. The molecule has 0 aliphatic rings. The molecule has 4 aromatic heterocycles. The van der Waals surface area contributed by atoms with Gasteiger partial charge in [-0.1, -0.05) is 146 Å². The summed E-state index contributed by atoms with van der Waals surface area (Å²) in [5.41, 5.74) is 15.2. The molecule has 0 bridgehead atoms. The van der Waals surface area contributed by atoms with Gasteiger partial charge in [-0.25, -0.2) is 9.97 Å². The second-order valence-corrected chi connectivity index (χ2v) is 16.2. The Morgan fingerprint density at radius 1 is 0.254 bits per heavy atom. The third-order valence-corrected chi connectivity index (χ3v) is 12.6. The van der Waals surface area contributed by atoms with Crippen LogP contribution < -0.4 is 0 Å². The Hall–Kier alpha value is -8.54. The van der Waals surface area contributed by atoms with E-state index in [0.717, 1.165) is 56.2 Å². The average molecular weight is 804 g/mol. The third-order valence-electron chi connectivity index (χ3n) is 12.6. The van der Waals surface area contributed by atoms with E-state index in [9.17, 15) is 0 Å². The number of nitrogens with zero attached hydrogens (tertiary/aromatic N) is 5. The topological polar surface area (TPSA) is 40.6 Å². The van der Waals surface area contributed by atoms with Crippen LogP contribution in [0, 0.1) is 0 Å². The summed E-state index contributed by atoms with van der Waals surface area (Å²) in [5, 5.41) is 7.37. The van der Waals surface area contributed by atoms with Gasteiger partial charge in [0.05, 0.1) is 44.5 Å². The van der Waals surface area contributed by atoms with Gasteiger partial charge in [0.25, 0.3) is 0 Å². The fourth-order valence-corrected chi connectivity index (χ4v) is 9.90. The summed E-state index contributed by atoms with van der Waals surface area (Å²) < 4.78 is 7.23. The molecule has 63 heavy (non-hydrogen) atoms. The minimum absolute atomic E-state index is 0.687. The first-order chi connectivity index (χ1) is 31.3. The van der Waals surface area contributed by atoms with E-state index >= 15 is 0 Å². The molecule has 5 nitrogen and oxygen atoms in total. The Kier molecular flexibility index (Phi) is 7.84. The molecule has 0 fully saturated rings. The van der Waals surface area contributed by atoms with Crippen molar-refractivity contribution >= 4 is 65.4 Å². The van der Waals surface area contributed by atoms with Crippen LogP contribution in [0.5, 0.6) is 0 Å². The maximum absolute atomic E-state index is 5.18. The zero-order valence-corrected chi connectivity index (χ0v) is 34.1. The van der Waals surface area contributed by atoms with Crippen molar-refractivity contribution in [2.24, 2.45) is 0 Å². The Morgan fingerprint density at radius 3 is 1.25 bits per heavy atom. The first-order valence-electron chi connectivity index (χ1n) is 21.4. The van der Waals surface area contributed by atoms with E-state index in [2.05, 4.69) is 226 Å². The molecule has 0 aliphatic heterocycles. The van der Waals surface area contributed by atoms with E-state index in [1.807, 2.05) is 12.1 Å². The Labute approximate surface area is 363 Å². The highest BCUT2D eigenvalue weighted by atomic mass is 15.0. The van der Waals surface area contributed by atoms with Crippen molar-refractivity contribution in [3.63, 3.8) is 0 Å². The van der Waals surface area contributed by atoms with Gasteiger partial charge in [-0.05, 0) is 78.9 Å². The predicted molar refractivity (Wildman–Crippen MR) is 261 cm³/mol. The number of para-hydroxylation sites is 4. The third kappa shape index (κ3) is 5.50. The SMILES string of the molecule is c1ccc(-c2cc(-c3ccccc3)nc(-c3cccc(-n4c5ccccc5c5c6c7ccccc7n(-c7ccc8c(c7)c7ccccc7n8-c7ccccc7)c6ccc54)c3)n2)cc1. The number of rotatable bonds is 6. The van der Waals surface area contributed by atoms with Crippen LogP contribution >= 0.6 is 0 Å². The minimum atomic E-state index is 0.687. The average Bonchev–Trinajstić information content (AvgIpc) is 4.00. The highest BCUT2D eigenvalue weighted by Crippen LogP contribution is 2.43. The zero-order chi connectivity index (χ0) is 41.4. The molecule has 0 saturated heterocycles. The quantitative estimate of drug-likeness (QED) is 0.168. The highest BCUT2D eigenvalue weighted by Gasteiger charge is 2.22. The number of aromatic nitrogens is 5. The second kappa shape index (κ2) is 14.0. The van der Waals surface area contributed by atoms with Gasteiger partial charge in [-0.3, -0.25) is 0 Å². The molecular formula is C58H37N5. The number of benzene rings is 9. The standard InChI is InChI=1S/C58H37N5/c1-4-17-38(18-5-1)48-37-49(39-19-6-2-7-20-39)60-58(59-48)40-21-16-24-42(35-40)62-51-29-14-11-26-45(51)56-54(62)33-34-55-57(56)46-27-12-15-30-52(46)63(55)43-31-32-53-47(36-43)44-25-10-13-28-50(44)61(53)41-22-8-3-9-23-41/h1-37H. The monoisotopic (exact) mass is 803 g/mol. The van der Waals surface area contributed by atoms with Crippen molar-refractivity contribution < 1.29 is 0 Å². The number of hydrogen-bond acceptors (Lipinski definition) is 2. The molecule has 13 aromatic rings. The lowest BCUT2D eigenvalue weighted by molar-refractivity contribution is 1.16. The van der Waals surface area contributed by atoms with E-state index < -0.39 is 0 Å². The van der Waals surface area contributed by atoms with Gasteiger partial charge in [0, 0.05) is 66.1 Å². The van der Waals surface area contributed by atoms with Crippen LogP contribution in [-0.4, -0.2) is 23.7 Å². The Bertz CT molecular complexity index is 3840. The minimum Gasteiger partial charge on any atom is -0.309 e. The molecule has 0 amide bonds. The van der Waals surface area contributed by atoms with E-state index in [4.69, 9.17) is 9.97 Å². The largest absolute Gasteiger partial charge is 0.309 e. The van der Waals surface area contributed by atoms with Crippen LogP contribution in [0.3, 0.4) is 0 Å². The molecule has 5 heteroatoms. The van der Waals surface area contributed by atoms with E-state index in [1.54, 1.807) is 0 Å². The zero-order valence-electron chi connectivity index (χ0n) is 34.1. The lowest BCUT2D eigenvalue weighted by Crippen LogP contribution is -1.98. The molecule has 0 unspecified atom stereocenters. The van der Waals surface area contributed by atoms with Crippen LogP contribution in [0.25, 0.3) is 116 Å². The normalized spacial score (nSPS) is 11.8. The van der Waals surface area contributed by atoms with Crippen LogP contribution in [0.2, 0.25) is 0 Å². The van der Waals surface area contributed by atoms with Crippen molar-refractivity contribution in [2.45, 2.75) is 0 Å². The van der Waals surface area contributed by atoms with Crippen molar-refractivity contribution in [2.75, 3.05) is 0 Å². The van der Waals surface area contributed by atoms with Gasteiger partial charge in [-0.15, -0.1) is 0 Å². The molecule has 13 rings (SSSR count). The molecule has 9 aromatic carbocycles. The van der Waals surface area contributed by atoms with Crippen LogP contribution in [0.1, 0.15) is 0 Å². The van der Waals surface area contributed by atoms with Crippen molar-refractivity contribution in [3.05, 3.63) is 224 Å². The Morgan fingerprint density at radius 2 is 0.667 bits per heavy atom. The molecule has 0 atom stereocenters. The molecule has 0 aliphatic carbocycles. The molecule has 0 spiro atoms. The van der Waals surface area contributed by atoms with Crippen molar-refractivity contribution in [1.82, 2.24) is 23.7 Å². The van der Waals surface area contributed by atoms with Gasteiger partial charge in [0.15, 0.2) is 5.82 Å². The van der Waals surface area contributed by atoms with Crippen LogP contribution in [0.15, 0.2) is 224 Å². The fourth-order valence-electron chi connectivity index (χ4n) is 9.90. The van der Waals surface area contributed by atoms with Crippen LogP contribution in [-0.2, 0) is 0 Å². The van der Waals surface area contributed by atoms with Crippen molar-refractivity contribution in [1.29, 1.82) is 0 Å². The summed E-state index contributed by atoms with van der Waals surface area (Å²) in [5.74, 6) is 0.687. The number of fused-ring (bicyclic) bond motifs is 10. The van der Waals surface area contributed by atoms with Crippen molar-refractivity contribution in [3.8, 4) is 51.0 Å². The molecule has 4 heterocycles. The van der Waals surface area contributed by atoms with Crippen LogP contribution in [0.4, 0.5) is 0 Å². The molecule has 0 radical (unpaired) electrons. The molecule has 294 valence electrons. The van der Waals surface area contributed by atoms with Gasteiger partial charge in [-0.2, -0.15) is 0 Å². The van der Waals surface area contributed by atoms with Gasteiger partial charge in [0.1, 0.15) is 0 Å². The summed E-state index contributed by atoms with van der Waals surface area (Å²) >= 11 is 0. The smallest absolute Gasteiger partial charge is 0.160 e. The summed E-state index contributed by atoms with van der Waals surface area (Å²) in [6, 6.07) is 80.1. The Balaban J connectivity index is 1.02. The van der Waals surface area contributed by atoms with Gasteiger partial charge < -0.3 is 13.7 Å². The van der Waals surface area contributed by atoms with Gasteiger partial charge in [0.2, 0.25) is 0 Å². The number of hydrogen-bond donors (Lipinski definition) is 0. The summed E-state index contributed by atoms with van der Waals surface area (Å²) in [4.78, 5) is 10.4. The molecular weight excluding hydrogens is 767 g/mol. The molecule has 0 saturated carbocycles. The van der Waals surface area contributed by atoms with E-state index in [0.29, 0.717) is 5.82 Å². The molecule has 0 N–H and O–H groups in total. The fraction of sp³-hybridized carbons (Fsp3) is 0. The lowest BCUT2D eigenvalue weighted by Gasteiger charge is -2.12. The second-order valence-electron chi connectivity index (χ2n) is 16.2. The van der Waals surface area contributed by atoms with Gasteiger partial charge >= 0.3 is 0 Å². The summed E-state index contributed by atoms with van der Waals surface area (Å²) in [7, 11) is 0. The summed E-state index contributed by atoms with van der Waals surface area (Å²) in [6.45, 7) is 0. The predicted octanol–water partition coefficient (Wildman–Crippen LogP) is 14.8. The maximum Gasteiger partial charge on any atom is 0.160 e. The highest BCUT2D eigenvalue weighted by molar-refractivity contribution is 6.29. The van der Waals surface area contributed by atoms with E-state index in [-0.39, 0.29) is 0 Å².